The Morgan fingerprint density at radius 3 is 2.96 bits per heavy atom. The third kappa shape index (κ3) is 3.47. The Kier molecular flexibility index (Phi) is 4.37. The minimum Gasteiger partial charge on any atom is -0.386 e. The molecule has 3 rings (SSSR count). The van der Waals surface area contributed by atoms with Gasteiger partial charge >= 0.3 is 6.03 Å². The van der Waals surface area contributed by atoms with Gasteiger partial charge in [-0.2, -0.15) is 0 Å². The van der Waals surface area contributed by atoms with E-state index in [4.69, 9.17) is 4.84 Å². The summed E-state index contributed by atoms with van der Waals surface area (Å²) in [7, 11) is 0. The van der Waals surface area contributed by atoms with E-state index in [1.807, 2.05) is 13.8 Å². The highest BCUT2D eigenvalue weighted by Crippen LogP contribution is 2.34. The Morgan fingerprint density at radius 2 is 2.25 bits per heavy atom. The molecule has 2 aliphatic heterocycles. The number of likely N-dealkylation sites (tertiary alicyclic amines) is 1. The predicted molar refractivity (Wildman–Crippen MR) is 88.6 cm³/mol. The number of amides is 3. The third-order valence-electron chi connectivity index (χ3n) is 4.04. The summed E-state index contributed by atoms with van der Waals surface area (Å²) in [6, 6.07) is 3.46. The number of hydrogen-bond donors (Lipinski definition) is 2. The molecule has 1 atom stereocenters. The molecule has 1 aromatic heterocycles. The lowest BCUT2D eigenvalue weighted by atomic mass is 9.96. The largest absolute Gasteiger partial charge is 0.386 e. The number of carbonyl (C=O) groups is 2. The molecule has 1 aromatic rings. The molecule has 0 radical (unpaired) electrons. The summed E-state index contributed by atoms with van der Waals surface area (Å²) in [6.07, 6.45) is 4.25. The molecular formula is C16H21N5O3. The van der Waals surface area contributed by atoms with Crippen molar-refractivity contribution in [3.8, 4) is 0 Å². The zero-order valence-electron chi connectivity index (χ0n) is 13.8. The van der Waals surface area contributed by atoms with Crippen molar-refractivity contribution in [3.05, 3.63) is 24.5 Å². The fourth-order valence-corrected chi connectivity index (χ4v) is 2.86. The van der Waals surface area contributed by atoms with Crippen LogP contribution in [0.25, 0.3) is 0 Å². The van der Waals surface area contributed by atoms with Crippen LogP contribution in [-0.4, -0.2) is 52.3 Å². The molecule has 128 valence electrons. The molecule has 2 aliphatic rings. The van der Waals surface area contributed by atoms with Crippen molar-refractivity contribution >= 4 is 23.3 Å². The molecule has 0 aliphatic carbocycles. The van der Waals surface area contributed by atoms with Gasteiger partial charge in [0.2, 0.25) is 0 Å². The third-order valence-corrected chi connectivity index (χ3v) is 4.04. The lowest BCUT2D eigenvalue weighted by Crippen LogP contribution is -2.44. The van der Waals surface area contributed by atoms with Gasteiger partial charge in [-0.05, 0) is 26.0 Å². The number of nitrogens with one attached hydrogen (secondary N) is 2. The zero-order chi connectivity index (χ0) is 17.2. The van der Waals surface area contributed by atoms with Crippen LogP contribution in [0.3, 0.4) is 0 Å². The van der Waals surface area contributed by atoms with Crippen LogP contribution in [0.5, 0.6) is 0 Å². The minimum absolute atomic E-state index is 0.0793. The first kappa shape index (κ1) is 16.2. The summed E-state index contributed by atoms with van der Waals surface area (Å²) in [6.45, 7) is 4.85. The number of carbonyl (C=O) groups excluding carboxylic acids is 2. The molecule has 1 saturated heterocycles. The number of anilines is 1. The lowest BCUT2D eigenvalue weighted by Gasteiger charge is -2.22. The monoisotopic (exact) mass is 331 g/mol. The van der Waals surface area contributed by atoms with Crippen LogP contribution >= 0.6 is 0 Å². The first-order chi connectivity index (χ1) is 11.5. The second-order valence-corrected chi connectivity index (χ2v) is 6.46. The van der Waals surface area contributed by atoms with E-state index in [1.165, 1.54) is 0 Å². The number of urea groups is 1. The van der Waals surface area contributed by atoms with Crippen molar-refractivity contribution in [2.75, 3.05) is 18.4 Å². The summed E-state index contributed by atoms with van der Waals surface area (Å²) in [4.78, 5) is 35.6. The van der Waals surface area contributed by atoms with Crippen LogP contribution in [0.1, 0.15) is 26.7 Å². The number of rotatable bonds is 3. The van der Waals surface area contributed by atoms with Crippen LogP contribution in [0.2, 0.25) is 0 Å². The summed E-state index contributed by atoms with van der Waals surface area (Å²) < 4.78 is 0. The highest BCUT2D eigenvalue weighted by molar-refractivity contribution is 6.43. The molecule has 1 unspecified atom stereocenters. The van der Waals surface area contributed by atoms with E-state index >= 15 is 0 Å². The summed E-state index contributed by atoms with van der Waals surface area (Å²) in [5.41, 5.74) is 0.358. The van der Waals surface area contributed by atoms with Crippen molar-refractivity contribution in [2.45, 2.75) is 38.3 Å². The Hall–Kier alpha value is -2.64. The number of oxime groups is 1. The van der Waals surface area contributed by atoms with Crippen molar-refractivity contribution < 1.29 is 14.4 Å². The van der Waals surface area contributed by atoms with Gasteiger partial charge in [0, 0.05) is 31.6 Å². The molecule has 1 fully saturated rings. The van der Waals surface area contributed by atoms with E-state index in [9.17, 15) is 9.59 Å². The lowest BCUT2D eigenvalue weighted by molar-refractivity contribution is -0.110. The molecule has 8 nitrogen and oxygen atoms in total. The molecule has 0 saturated carbocycles. The first-order valence-corrected chi connectivity index (χ1v) is 7.99. The van der Waals surface area contributed by atoms with Gasteiger partial charge in [-0.3, -0.25) is 9.78 Å². The number of pyridine rings is 1. The van der Waals surface area contributed by atoms with Crippen LogP contribution in [0.15, 0.2) is 29.7 Å². The van der Waals surface area contributed by atoms with E-state index < -0.39 is 5.60 Å². The van der Waals surface area contributed by atoms with Gasteiger partial charge < -0.3 is 20.4 Å². The molecule has 0 bridgehead atoms. The van der Waals surface area contributed by atoms with Gasteiger partial charge in [-0.25, -0.2) is 4.79 Å². The topological polar surface area (TPSA) is 95.9 Å². The minimum atomic E-state index is -0.587. The molecular weight excluding hydrogens is 310 g/mol. The van der Waals surface area contributed by atoms with E-state index in [2.05, 4.69) is 20.8 Å². The van der Waals surface area contributed by atoms with Gasteiger partial charge in [-0.15, -0.1) is 0 Å². The van der Waals surface area contributed by atoms with Crippen molar-refractivity contribution in [3.63, 3.8) is 0 Å². The van der Waals surface area contributed by atoms with E-state index in [0.29, 0.717) is 37.3 Å². The van der Waals surface area contributed by atoms with E-state index in [-0.39, 0.29) is 18.0 Å². The summed E-state index contributed by atoms with van der Waals surface area (Å²) in [5.74, 6) is -0.301. The zero-order valence-corrected chi connectivity index (χ0v) is 13.8. The van der Waals surface area contributed by atoms with Gasteiger partial charge in [0.25, 0.3) is 5.91 Å². The smallest absolute Gasteiger partial charge is 0.317 e. The molecule has 8 heteroatoms. The quantitative estimate of drug-likeness (QED) is 0.874. The van der Waals surface area contributed by atoms with Crippen LogP contribution in [0, 0.1) is 0 Å². The number of hydrogen-bond acceptors (Lipinski definition) is 5. The summed E-state index contributed by atoms with van der Waals surface area (Å²) in [5, 5.41) is 9.56. The Balaban J connectivity index is 1.57. The van der Waals surface area contributed by atoms with Crippen LogP contribution in [-0.2, 0) is 9.63 Å². The Bertz CT molecular complexity index is 661. The van der Waals surface area contributed by atoms with Crippen molar-refractivity contribution in [2.24, 2.45) is 5.16 Å². The number of aromatic nitrogens is 1. The Labute approximate surface area is 140 Å². The maximum Gasteiger partial charge on any atom is 0.317 e. The van der Waals surface area contributed by atoms with E-state index in [1.54, 1.807) is 29.4 Å². The normalized spacial score (nSPS) is 22.5. The molecule has 2 N–H and O–H groups in total. The molecule has 1 spiro atoms. The maximum atomic E-state index is 12.3. The van der Waals surface area contributed by atoms with Gasteiger partial charge in [0.15, 0.2) is 5.60 Å². The van der Waals surface area contributed by atoms with E-state index in [0.717, 1.165) is 0 Å². The van der Waals surface area contributed by atoms with Crippen molar-refractivity contribution in [1.29, 1.82) is 0 Å². The summed E-state index contributed by atoms with van der Waals surface area (Å²) >= 11 is 0. The van der Waals surface area contributed by atoms with Gasteiger partial charge in [-0.1, -0.05) is 5.16 Å². The van der Waals surface area contributed by atoms with Crippen LogP contribution in [0.4, 0.5) is 10.5 Å². The number of nitrogens with zero attached hydrogens (tertiary/aromatic N) is 3. The predicted octanol–water partition coefficient (Wildman–Crippen LogP) is 1.36. The Morgan fingerprint density at radius 1 is 1.42 bits per heavy atom. The highest BCUT2D eigenvalue weighted by atomic mass is 16.7. The highest BCUT2D eigenvalue weighted by Gasteiger charge is 2.48. The fourth-order valence-electron chi connectivity index (χ4n) is 2.86. The molecule has 24 heavy (non-hydrogen) atoms. The molecule has 3 heterocycles. The molecule has 0 aromatic carbocycles. The SMILES string of the molecule is CC(C)NC(=O)N1CCC2(CC(C(=O)Nc3cccnc3)=NO2)C1. The second-order valence-electron chi connectivity index (χ2n) is 6.46. The van der Waals surface area contributed by atoms with Crippen molar-refractivity contribution in [1.82, 2.24) is 15.2 Å². The fraction of sp³-hybridized carbons (Fsp3) is 0.500. The average Bonchev–Trinajstić information content (AvgIpc) is 3.15. The standard InChI is InChI=1S/C16H21N5O3/c1-11(2)18-15(23)21-7-5-16(10-21)8-13(20-24-16)14(22)19-12-4-3-6-17-9-12/h3-4,6,9,11H,5,7-8,10H2,1-2H3,(H,18,23)(H,19,22). The second kappa shape index (κ2) is 6.46. The van der Waals surface area contributed by atoms with Gasteiger partial charge in [0.1, 0.15) is 5.71 Å². The first-order valence-electron chi connectivity index (χ1n) is 7.99. The van der Waals surface area contributed by atoms with Crippen LogP contribution < -0.4 is 10.6 Å². The average molecular weight is 331 g/mol. The maximum absolute atomic E-state index is 12.3. The van der Waals surface area contributed by atoms with Gasteiger partial charge in [0.05, 0.1) is 18.4 Å². The molecule has 3 amide bonds.